The lowest BCUT2D eigenvalue weighted by Crippen LogP contribution is -2.02. The van der Waals surface area contributed by atoms with E-state index in [4.69, 9.17) is 0 Å². The van der Waals surface area contributed by atoms with E-state index in [2.05, 4.69) is 37.8 Å². The van der Waals surface area contributed by atoms with Crippen LogP contribution < -0.4 is 0 Å². The second kappa shape index (κ2) is 5.88. The van der Waals surface area contributed by atoms with Gasteiger partial charge in [0.2, 0.25) is 0 Å². The molecule has 0 unspecified atom stereocenters. The van der Waals surface area contributed by atoms with Gasteiger partial charge in [0.05, 0.1) is 5.69 Å². The van der Waals surface area contributed by atoms with E-state index in [1.165, 1.54) is 5.56 Å². The fraction of sp³-hybridized carbons (Fsp3) is 0.0556. The first-order chi connectivity index (χ1) is 11.4. The van der Waals surface area contributed by atoms with Gasteiger partial charge in [0.25, 0.3) is 0 Å². The monoisotopic (exact) mass is 301 g/mol. The summed E-state index contributed by atoms with van der Waals surface area (Å²) in [7, 11) is 0. The highest BCUT2D eigenvalue weighted by molar-refractivity contribution is 5.54. The molecule has 0 aliphatic rings. The van der Waals surface area contributed by atoms with Gasteiger partial charge in [-0.25, -0.2) is 9.67 Å². The van der Waals surface area contributed by atoms with Gasteiger partial charge in [-0.2, -0.15) is 5.10 Å². The molecule has 1 aromatic carbocycles. The van der Waals surface area contributed by atoms with Crippen molar-refractivity contribution in [1.82, 2.24) is 24.3 Å². The first-order valence-electron chi connectivity index (χ1n) is 7.41. The Balaban J connectivity index is 1.65. The summed E-state index contributed by atoms with van der Waals surface area (Å²) < 4.78 is 4.00. The lowest BCUT2D eigenvalue weighted by Gasteiger charge is -2.09. The smallest absolute Gasteiger partial charge is 0.140 e. The van der Waals surface area contributed by atoms with Crippen molar-refractivity contribution in [3.63, 3.8) is 0 Å². The van der Waals surface area contributed by atoms with E-state index in [1.54, 1.807) is 18.6 Å². The molecule has 0 fully saturated rings. The maximum atomic E-state index is 4.47. The minimum atomic E-state index is 0.757. The van der Waals surface area contributed by atoms with E-state index < -0.39 is 0 Å². The molecule has 4 rings (SSSR count). The zero-order valence-corrected chi connectivity index (χ0v) is 12.4. The molecule has 0 aliphatic heterocycles. The SMILES string of the molecule is c1cc(Cn2ccnc2-c2ccncc2)cc(-n2cccn2)c1. The molecule has 0 N–H and O–H groups in total. The summed E-state index contributed by atoms with van der Waals surface area (Å²) >= 11 is 0. The Morgan fingerprint density at radius 3 is 2.61 bits per heavy atom. The lowest BCUT2D eigenvalue weighted by molar-refractivity contribution is 0.801. The van der Waals surface area contributed by atoms with Gasteiger partial charge in [0.1, 0.15) is 5.82 Å². The molecule has 0 atom stereocenters. The summed E-state index contributed by atoms with van der Waals surface area (Å²) in [5.74, 6) is 0.942. The van der Waals surface area contributed by atoms with Crippen LogP contribution in [0, 0.1) is 0 Å². The molecular formula is C18H15N5. The molecule has 0 amide bonds. The minimum Gasteiger partial charge on any atom is -0.327 e. The van der Waals surface area contributed by atoms with Crippen LogP contribution in [-0.2, 0) is 6.54 Å². The number of hydrogen-bond acceptors (Lipinski definition) is 3. The largest absolute Gasteiger partial charge is 0.327 e. The Morgan fingerprint density at radius 2 is 1.78 bits per heavy atom. The van der Waals surface area contributed by atoms with Crippen molar-refractivity contribution >= 4 is 0 Å². The number of benzene rings is 1. The molecule has 0 spiro atoms. The second-order valence-electron chi connectivity index (χ2n) is 5.24. The number of imidazole rings is 1. The van der Waals surface area contributed by atoms with Crippen molar-refractivity contribution in [2.24, 2.45) is 0 Å². The lowest BCUT2D eigenvalue weighted by atomic mass is 10.2. The molecule has 23 heavy (non-hydrogen) atoms. The van der Waals surface area contributed by atoms with Gasteiger partial charge in [-0.15, -0.1) is 0 Å². The molecule has 0 aliphatic carbocycles. The van der Waals surface area contributed by atoms with Crippen LogP contribution in [-0.4, -0.2) is 24.3 Å². The first kappa shape index (κ1) is 13.5. The highest BCUT2D eigenvalue weighted by Gasteiger charge is 2.07. The fourth-order valence-electron chi connectivity index (χ4n) is 2.61. The molecular weight excluding hydrogens is 286 g/mol. The maximum Gasteiger partial charge on any atom is 0.140 e. The van der Waals surface area contributed by atoms with Gasteiger partial charge in [-0.05, 0) is 35.9 Å². The van der Waals surface area contributed by atoms with E-state index in [-0.39, 0.29) is 0 Å². The van der Waals surface area contributed by atoms with Crippen LogP contribution >= 0.6 is 0 Å². The van der Waals surface area contributed by atoms with Crippen molar-refractivity contribution in [2.45, 2.75) is 6.54 Å². The Kier molecular flexibility index (Phi) is 3.44. The normalized spacial score (nSPS) is 10.8. The number of nitrogens with zero attached hydrogens (tertiary/aromatic N) is 5. The van der Waals surface area contributed by atoms with Gasteiger partial charge >= 0.3 is 0 Å². The van der Waals surface area contributed by atoms with Crippen molar-refractivity contribution in [1.29, 1.82) is 0 Å². The Hall–Kier alpha value is -3.21. The molecule has 5 heteroatoms. The summed E-state index contributed by atoms with van der Waals surface area (Å²) in [6.07, 6.45) is 11.1. The van der Waals surface area contributed by atoms with E-state index in [0.29, 0.717) is 0 Å². The zero-order chi connectivity index (χ0) is 15.5. The molecule has 0 bridgehead atoms. The molecule has 0 saturated carbocycles. The third kappa shape index (κ3) is 2.76. The summed E-state index contributed by atoms with van der Waals surface area (Å²) in [6.45, 7) is 0.757. The number of pyridine rings is 1. The zero-order valence-electron chi connectivity index (χ0n) is 12.4. The molecule has 4 aromatic rings. The van der Waals surface area contributed by atoms with Crippen LogP contribution in [0.4, 0.5) is 0 Å². The number of aromatic nitrogens is 5. The number of rotatable bonds is 4. The summed E-state index contributed by atoms with van der Waals surface area (Å²) in [5, 5.41) is 4.28. The van der Waals surface area contributed by atoms with Gasteiger partial charge < -0.3 is 4.57 Å². The van der Waals surface area contributed by atoms with Crippen LogP contribution in [0.15, 0.2) is 79.6 Å². The highest BCUT2D eigenvalue weighted by atomic mass is 15.3. The van der Waals surface area contributed by atoms with Gasteiger partial charge in [0.15, 0.2) is 0 Å². The van der Waals surface area contributed by atoms with Crippen LogP contribution in [0.25, 0.3) is 17.1 Å². The maximum absolute atomic E-state index is 4.47. The quantitative estimate of drug-likeness (QED) is 0.581. The van der Waals surface area contributed by atoms with Gasteiger partial charge in [-0.1, -0.05) is 12.1 Å². The van der Waals surface area contributed by atoms with Crippen LogP contribution in [0.1, 0.15) is 5.56 Å². The molecule has 112 valence electrons. The summed E-state index contributed by atoms with van der Waals surface area (Å²) in [5.41, 5.74) is 3.32. The van der Waals surface area contributed by atoms with Crippen LogP contribution in [0.3, 0.4) is 0 Å². The van der Waals surface area contributed by atoms with Crippen molar-refractivity contribution in [2.75, 3.05) is 0 Å². The van der Waals surface area contributed by atoms with Crippen LogP contribution in [0.2, 0.25) is 0 Å². The van der Waals surface area contributed by atoms with E-state index >= 15 is 0 Å². The van der Waals surface area contributed by atoms with Gasteiger partial charge in [0, 0.05) is 49.3 Å². The predicted molar refractivity (Wildman–Crippen MR) is 88.1 cm³/mol. The minimum absolute atomic E-state index is 0.757. The molecule has 0 saturated heterocycles. The molecule has 5 nitrogen and oxygen atoms in total. The predicted octanol–water partition coefficient (Wildman–Crippen LogP) is 3.18. The Labute approximate surface area is 133 Å². The van der Waals surface area contributed by atoms with Crippen LogP contribution in [0.5, 0.6) is 0 Å². The number of hydrogen-bond donors (Lipinski definition) is 0. The summed E-state index contributed by atoms with van der Waals surface area (Å²) in [4.78, 5) is 8.53. The van der Waals surface area contributed by atoms with E-state index in [1.807, 2.05) is 47.5 Å². The molecule has 3 heterocycles. The standard InChI is InChI=1S/C18H15N5/c1-3-15(13-17(4-1)23-11-2-7-21-23)14-22-12-10-20-18(22)16-5-8-19-9-6-16/h1-13H,14H2. The van der Waals surface area contributed by atoms with Crippen molar-refractivity contribution < 1.29 is 0 Å². The fourth-order valence-corrected chi connectivity index (χ4v) is 2.61. The van der Waals surface area contributed by atoms with Crippen molar-refractivity contribution in [3.05, 3.63) is 85.2 Å². The molecule has 0 radical (unpaired) electrons. The average molecular weight is 301 g/mol. The topological polar surface area (TPSA) is 48.5 Å². The Bertz CT molecular complexity index is 894. The first-order valence-corrected chi connectivity index (χ1v) is 7.41. The van der Waals surface area contributed by atoms with Crippen molar-refractivity contribution in [3.8, 4) is 17.1 Å². The second-order valence-corrected chi connectivity index (χ2v) is 5.24. The highest BCUT2D eigenvalue weighted by Crippen LogP contribution is 2.18. The van der Waals surface area contributed by atoms with E-state index in [9.17, 15) is 0 Å². The third-order valence-corrected chi connectivity index (χ3v) is 3.69. The molecule has 3 aromatic heterocycles. The van der Waals surface area contributed by atoms with Gasteiger partial charge in [-0.3, -0.25) is 4.98 Å². The summed E-state index contributed by atoms with van der Waals surface area (Å²) in [6, 6.07) is 14.2. The average Bonchev–Trinajstić information content (AvgIpc) is 3.28. The third-order valence-electron chi connectivity index (χ3n) is 3.69. The Morgan fingerprint density at radius 1 is 0.870 bits per heavy atom. The van der Waals surface area contributed by atoms with E-state index in [0.717, 1.165) is 23.6 Å².